The summed E-state index contributed by atoms with van der Waals surface area (Å²) in [5.74, 6) is 2.11. The second-order valence-corrected chi connectivity index (χ2v) is 11.7. The molecule has 2 unspecified atom stereocenters. The maximum atomic E-state index is 13.3. The first kappa shape index (κ1) is 26.6. The summed E-state index contributed by atoms with van der Waals surface area (Å²) in [5, 5.41) is 9.05. The second-order valence-electron chi connectivity index (χ2n) is 11.7. The van der Waals surface area contributed by atoms with Crippen molar-refractivity contribution >= 4 is 17.8 Å². The molecule has 2 saturated heterocycles. The molecule has 0 spiro atoms. The van der Waals surface area contributed by atoms with E-state index < -0.39 is 5.54 Å². The quantitative estimate of drug-likeness (QED) is 0.530. The summed E-state index contributed by atoms with van der Waals surface area (Å²) < 4.78 is 0. The highest BCUT2D eigenvalue weighted by atomic mass is 16.2. The van der Waals surface area contributed by atoms with Gasteiger partial charge in [-0.15, -0.1) is 0 Å². The molecule has 0 saturated carbocycles. The maximum Gasteiger partial charge on any atom is 0.245 e. The molecular weight excluding hydrogens is 428 g/mol. The summed E-state index contributed by atoms with van der Waals surface area (Å²) in [4.78, 5) is 28.6. The summed E-state index contributed by atoms with van der Waals surface area (Å²) in [6.45, 7) is 18.0. The zero-order valence-electron chi connectivity index (χ0n) is 22.2. The molecule has 9 heteroatoms. The van der Waals surface area contributed by atoms with Crippen molar-refractivity contribution in [3.8, 4) is 0 Å². The number of hydrogen-bond donors (Lipinski definition) is 3. The van der Waals surface area contributed by atoms with Gasteiger partial charge in [-0.05, 0) is 58.8 Å². The van der Waals surface area contributed by atoms with E-state index in [2.05, 4.69) is 67.0 Å². The first-order valence-electron chi connectivity index (χ1n) is 13.0. The zero-order chi connectivity index (χ0) is 24.9. The fourth-order valence-electron chi connectivity index (χ4n) is 5.37. The summed E-state index contributed by atoms with van der Waals surface area (Å²) in [5.41, 5.74) is 2.67. The predicted molar refractivity (Wildman–Crippen MR) is 136 cm³/mol. The van der Waals surface area contributed by atoms with Crippen LogP contribution in [0.4, 0.5) is 11.9 Å². The van der Waals surface area contributed by atoms with Crippen LogP contribution >= 0.6 is 0 Å². The van der Waals surface area contributed by atoms with Gasteiger partial charge in [0.2, 0.25) is 24.1 Å². The van der Waals surface area contributed by atoms with Crippen molar-refractivity contribution in [1.29, 1.82) is 0 Å². The van der Waals surface area contributed by atoms with Gasteiger partial charge in [0, 0.05) is 37.8 Å². The first-order valence-corrected chi connectivity index (χ1v) is 13.0. The van der Waals surface area contributed by atoms with Crippen LogP contribution in [0.2, 0.25) is 0 Å². The van der Waals surface area contributed by atoms with Crippen LogP contribution in [-0.2, 0) is 4.79 Å². The van der Waals surface area contributed by atoms with Crippen molar-refractivity contribution in [3.05, 3.63) is 6.33 Å². The Labute approximate surface area is 205 Å². The molecule has 0 bridgehead atoms. The average molecular weight is 474 g/mol. The molecule has 1 aromatic rings. The van der Waals surface area contributed by atoms with Crippen molar-refractivity contribution in [2.24, 2.45) is 11.8 Å². The van der Waals surface area contributed by atoms with Crippen LogP contribution in [0.3, 0.4) is 0 Å². The van der Waals surface area contributed by atoms with Crippen LogP contribution in [-0.4, -0.2) is 69.1 Å². The minimum Gasteiger partial charge on any atom is -0.349 e. The Morgan fingerprint density at radius 1 is 1.09 bits per heavy atom. The second kappa shape index (κ2) is 11.2. The summed E-state index contributed by atoms with van der Waals surface area (Å²) in [6.07, 6.45) is 8.56. The number of rotatable bonds is 8. The molecule has 9 nitrogen and oxygen atoms in total. The molecule has 0 aliphatic carbocycles. The van der Waals surface area contributed by atoms with E-state index in [9.17, 15) is 4.79 Å². The number of piperazine rings is 1. The Morgan fingerprint density at radius 2 is 1.82 bits per heavy atom. The standard InChI is InChI=1S/C25H45N8O/c1-18(2)14-19(3)20(15-32-16-24(4,5)31-25(6,7)21(32)34)29-22-26-17-27-23(30-22)33-13-11-9-8-10-12-28-33/h18-20,28,31H,8-16H2,1-7H3,(H,26,27,29,30). The molecule has 191 valence electrons. The van der Waals surface area contributed by atoms with E-state index in [-0.39, 0.29) is 17.5 Å². The minimum atomic E-state index is -0.598. The SMILES string of the molecule is CC(C)CC(C)C(CN1CC(C)(C)NC(C)(C)C1=O)Nc1n[c]nc(N2CCCCCCN2)n1. The Morgan fingerprint density at radius 3 is 2.56 bits per heavy atom. The molecule has 2 aliphatic rings. The molecule has 2 fully saturated rings. The van der Waals surface area contributed by atoms with E-state index in [0.717, 1.165) is 32.4 Å². The molecule has 1 radical (unpaired) electrons. The number of hydrogen-bond acceptors (Lipinski definition) is 8. The molecule has 2 atom stereocenters. The van der Waals surface area contributed by atoms with Gasteiger partial charge in [0.15, 0.2) is 0 Å². The minimum absolute atomic E-state index is 0.0139. The number of anilines is 2. The molecule has 1 aromatic heterocycles. The average Bonchev–Trinajstić information content (AvgIpc) is 2.69. The van der Waals surface area contributed by atoms with Gasteiger partial charge in [-0.3, -0.25) is 15.1 Å². The lowest BCUT2D eigenvalue weighted by atomic mass is 9.88. The van der Waals surface area contributed by atoms with Crippen LogP contribution in [0.25, 0.3) is 0 Å². The number of aromatic nitrogens is 3. The number of nitrogens with zero attached hydrogens (tertiary/aromatic N) is 5. The normalized spacial score (nSPS) is 22.8. The fraction of sp³-hybridized carbons (Fsp3) is 0.840. The molecule has 0 aromatic carbocycles. The van der Waals surface area contributed by atoms with E-state index in [1.54, 1.807) is 0 Å². The van der Waals surface area contributed by atoms with Crippen LogP contribution in [0, 0.1) is 18.2 Å². The number of amides is 1. The largest absolute Gasteiger partial charge is 0.349 e. The molecule has 3 heterocycles. The van der Waals surface area contributed by atoms with Crippen molar-refractivity contribution < 1.29 is 4.79 Å². The third-order valence-electron chi connectivity index (χ3n) is 6.68. The van der Waals surface area contributed by atoms with Gasteiger partial charge in [-0.2, -0.15) is 15.0 Å². The number of hydrazine groups is 1. The predicted octanol–water partition coefficient (Wildman–Crippen LogP) is 3.01. The van der Waals surface area contributed by atoms with Crippen LogP contribution in [0.15, 0.2) is 0 Å². The van der Waals surface area contributed by atoms with Gasteiger partial charge >= 0.3 is 0 Å². The topological polar surface area (TPSA) is 98.3 Å². The third kappa shape index (κ3) is 7.25. The Hall–Kier alpha value is -2.00. The lowest BCUT2D eigenvalue weighted by Crippen LogP contribution is -2.70. The monoisotopic (exact) mass is 473 g/mol. The highest BCUT2D eigenvalue weighted by molar-refractivity contribution is 5.86. The maximum absolute atomic E-state index is 13.3. The van der Waals surface area contributed by atoms with Gasteiger partial charge in [0.25, 0.3) is 0 Å². The van der Waals surface area contributed by atoms with Crippen molar-refractivity contribution in [1.82, 2.24) is 30.6 Å². The summed E-state index contributed by atoms with van der Waals surface area (Å²) in [6, 6.07) is 0.0139. The van der Waals surface area contributed by atoms with Gasteiger partial charge in [-0.25, -0.2) is 5.43 Å². The van der Waals surface area contributed by atoms with E-state index in [1.807, 2.05) is 23.8 Å². The smallest absolute Gasteiger partial charge is 0.245 e. The fourth-order valence-corrected chi connectivity index (χ4v) is 5.37. The van der Waals surface area contributed by atoms with Gasteiger partial charge in [0.05, 0.1) is 5.54 Å². The molecule has 1 amide bonds. The lowest BCUT2D eigenvalue weighted by Gasteiger charge is -2.48. The van der Waals surface area contributed by atoms with Crippen molar-refractivity contribution in [2.45, 2.75) is 97.7 Å². The van der Waals surface area contributed by atoms with Gasteiger partial charge < -0.3 is 10.2 Å². The van der Waals surface area contributed by atoms with Crippen LogP contribution in [0.1, 0.15) is 80.6 Å². The van der Waals surface area contributed by atoms with E-state index in [0.29, 0.717) is 36.8 Å². The molecule has 3 N–H and O–H groups in total. The van der Waals surface area contributed by atoms with Crippen LogP contribution in [0.5, 0.6) is 0 Å². The molecule has 3 rings (SSSR count). The van der Waals surface area contributed by atoms with E-state index in [1.165, 1.54) is 12.8 Å². The highest BCUT2D eigenvalue weighted by Gasteiger charge is 2.44. The Balaban J connectivity index is 1.79. The Bertz CT molecular complexity index is 804. The summed E-state index contributed by atoms with van der Waals surface area (Å²) in [7, 11) is 0. The third-order valence-corrected chi connectivity index (χ3v) is 6.68. The van der Waals surface area contributed by atoms with Gasteiger partial charge in [-0.1, -0.05) is 33.6 Å². The van der Waals surface area contributed by atoms with Crippen molar-refractivity contribution in [3.63, 3.8) is 0 Å². The van der Waals surface area contributed by atoms with Gasteiger partial charge in [0.1, 0.15) is 0 Å². The molecular formula is C25H45N8O. The number of carbonyl (C=O) groups is 1. The number of nitrogens with one attached hydrogen (secondary N) is 3. The molecule has 34 heavy (non-hydrogen) atoms. The lowest BCUT2D eigenvalue weighted by molar-refractivity contribution is -0.143. The molecule has 2 aliphatic heterocycles. The van der Waals surface area contributed by atoms with E-state index >= 15 is 0 Å². The van der Waals surface area contributed by atoms with Crippen molar-refractivity contribution in [2.75, 3.05) is 36.5 Å². The first-order chi connectivity index (χ1) is 16.0. The zero-order valence-corrected chi connectivity index (χ0v) is 22.2. The highest BCUT2D eigenvalue weighted by Crippen LogP contribution is 2.25. The van der Waals surface area contributed by atoms with Crippen LogP contribution < -0.4 is 21.1 Å². The van der Waals surface area contributed by atoms with E-state index in [4.69, 9.17) is 4.98 Å². The summed E-state index contributed by atoms with van der Waals surface area (Å²) >= 11 is 0. The number of carbonyl (C=O) groups excluding carboxylic acids is 1. The Kier molecular flexibility index (Phi) is 8.73.